The predicted octanol–water partition coefficient (Wildman–Crippen LogP) is 6.73. The van der Waals surface area contributed by atoms with Gasteiger partial charge in [0.2, 0.25) is 6.79 Å². The first-order valence-corrected chi connectivity index (χ1v) is 10.1. The van der Waals surface area contributed by atoms with Gasteiger partial charge in [-0.3, -0.25) is 0 Å². The van der Waals surface area contributed by atoms with Crippen LogP contribution in [0.1, 0.15) is 16.7 Å². The van der Waals surface area contributed by atoms with E-state index in [-0.39, 0.29) is 6.79 Å². The number of aliphatic carboxylic acids is 1. The highest BCUT2D eigenvalue weighted by atomic mass is 35.5. The number of hydrogen-bond acceptors (Lipinski definition) is 3. The Bertz CT molecular complexity index is 1150. The number of fused-ring (bicyclic) bond motifs is 1. The molecule has 3 aromatic carbocycles. The van der Waals surface area contributed by atoms with Crippen molar-refractivity contribution >= 4 is 46.8 Å². The molecule has 30 heavy (non-hydrogen) atoms. The first-order chi connectivity index (χ1) is 14.4. The van der Waals surface area contributed by atoms with Crippen LogP contribution >= 0.6 is 34.8 Å². The second-order valence-electron chi connectivity index (χ2n) is 6.72. The van der Waals surface area contributed by atoms with Crippen molar-refractivity contribution in [2.24, 2.45) is 0 Å². The van der Waals surface area contributed by atoms with Crippen LogP contribution in [-0.4, -0.2) is 17.9 Å². The van der Waals surface area contributed by atoms with Gasteiger partial charge < -0.3 is 14.6 Å². The summed E-state index contributed by atoms with van der Waals surface area (Å²) < 4.78 is 10.8. The van der Waals surface area contributed by atoms with E-state index in [2.05, 4.69) is 0 Å². The number of carboxylic acid groups (broad SMARTS) is 1. The summed E-state index contributed by atoms with van der Waals surface area (Å²) in [4.78, 5) is 11.0. The zero-order valence-electron chi connectivity index (χ0n) is 15.5. The number of hydrogen-bond donors (Lipinski definition) is 1. The number of halogens is 3. The summed E-state index contributed by atoms with van der Waals surface area (Å²) in [7, 11) is 0. The Balaban J connectivity index is 1.78. The maximum Gasteiger partial charge on any atom is 0.328 e. The fourth-order valence-electron chi connectivity index (χ4n) is 3.28. The normalized spacial score (nSPS) is 12.5. The topological polar surface area (TPSA) is 55.8 Å². The van der Waals surface area contributed by atoms with Crippen molar-refractivity contribution in [3.8, 4) is 22.6 Å². The highest BCUT2D eigenvalue weighted by Crippen LogP contribution is 2.38. The monoisotopic (exact) mass is 460 g/mol. The van der Waals surface area contributed by atoms with Gasteiger partial charge in [0.05, 0.1) is 0 Å². The van der Waals surface area contributed by atoms with Gasteiger partial charge in [-0.05, 0) is 64.6 Å². The van der Waals surface area contributed by atoms with Gasteiger partial charge >= 0.3 is 5.97 Å². The first kappa shape index (κ1) is 20.6. The molecule has 0 aliphatic carbocycles. The Hall–Kier alpha value is -2.66. The number of rotatable bonds is 5. The Morgan fingerprint density at radius 3 is 2.30 bits per heavy atom. The molecule has 1 heterocycles. The summed E-state index contributed by atoms with van der Waals surface area (Å²) in [5.41, 5.74) is 4.26. The van der Waals surface area contributed by atoms with Crippen LogP contribution in [0.15, 0.2) is 54.6 Å². The minimum Gasteiger partial charge on any atom is -0.478 e. The zero-order chi connectivity index (χ0) is 21.3. The van der Waals surface area contributed by atoms with Crippen LogP contribution in [0.25, 0.3) is 17.2 Å². The van der Waals surface area contributed by atoms with Crippen LogP contribution in [0.4, 0.5) is 0 Å². The van der Waals surface area contributed by atoms with E-state index in [1.807, 2.05) is 36.4 Å². The minimum atomic E-state index is -1.02. The molecule has 4 rings (SSSR count). The molecule has 4 nitrogen and oxygen atoms in total. The molecule has 0 spiro atoms. The zero-order valence-corrected chi connectivity index (χ0v) is 17.8. The van der Waals surface area contributed by atoms with Crippen molar-refractivity contribution in [3.05, 3.63) is 86.4 Å². The average molecular weight is 462 g/mol. The molecule has 0 bridgehead atoms. The second-order valence-corrected chi connectivity index (χ2v) is 8.00. The third-order valence-corrected chi connectivity index (χ3v) is 5.46. The predicted molar refractivity (Wildman–Crippen MR) is 119 cm³/mol. The lowest BCUT2D eigenvalue weighted by molar-refractivity contribution is -0.131. The largest absolute Gasteiger partial charge is 0.478 e. The Morgan fingerprint density at radius 2 is 1.60 bits per heavy atom. The molecule has 0 saturated carbocycles. The SMILES string of the molecule is O=C(O)C=Cc1ccc(-c2cc(Cl)cc(Cl)c2)cc1Cc1cc2c(cc1Cl)OCO2. The van der Waals surface area contributed by atoms with E-state index >= 15 is 0 Å². The van der Waals surface area contributed by atoms with Crippen LogP contribution in [0.5, 0.6) is 11.5 Å². The van der Waals surface area contributed by atoms with Crippen LogP contribution in [0, 0.1) is 0 Å². The summed E-state index contributed by atoms with van der Waals surface area (Å²) in [6.07, 6.45) is 3.14. The fraction of sp³-hybridized carbons (Fsp3) is 0.0870. The highest BCUT2D eigenvalue weighted by molar-refractivity contribution is 6.35. The maximum atomic E-state index is 11.0. The molecule has 3 aromatic rings. The van der Waals surface area contributed by atoms with Gasteiger partial charge in [-0.25, -0.2) is 4.79 Å². The van der Waals surface area contributed by atoms with Crippen LogP contribution in [-0.2, 0) is 11.2 Å². The quantitative estimate of drug-likeness (QED) is 0.428. The molecule has 1 N–H and O–H groups in total. The third-order valence-electron chi connectivity index (χ3n) is 4.67. The van der Waals surface area contributed by atoms with Crippen molar-refractivity contribution in [1.29, 1.82) is 0 Å². The fourth-order valence-corrected chi connectivity index (χ4v) is 4.03. The van der Waals surface area contributed by atoms with Crippen molar-refractivity contribution in [1.82, 2.24) is 0 Å². The molecule has 0 unspecified atom stereocenters. The standard InChI is InChI=1S/C23H15Cl3O4/c24-18-7-16(8-19(25)10-18)14-2-1-13(3-4-23(27)28)15(5-14)6-17-9-21-22(11-20(17)26)30-12-29-21/h1-5,7-11H,6,12H2,(H,27,28). The Morgan fingerprint density at radius 1 is 0.900 bits per heavy atom. The van der Waals surface area contributed by atoms with Gasteiger partial charge in [-0.1, -0.05) is 53.0 Å². The molecule has 7 heteroatoms. The summed E-state index contributed by atoms with van der Waals surface area (Å²) in [6, 6.07) is 14.6. The van der Waals surface area contributed by atoms with E-state index in [0.717, 1.165) is 33.9 Å². The van der Waals surface area contributed by atoms with Gasteiger partial charge in [0, 0.05) is 27.2 Å². The summed E-state index contributed by atoms with van der Waals surface area (Å²) in [5.74, 6) is 0.222. The lowest BCUT2D eigenvalue weighted by Crippen LogP contribution is -1.96. The summed E-state index contributed by atoms with van der Waals surface area (Å²) >= 11 is 18.8. The first-order valence-electron chi connectivity index (χ1n) is 8.97. The molecule has 152 valence electrons. The summed E-state index contributed by atoms with van der Waals surface area (Å²) in [5, 5.41) is 10.6. The van der Waals surface area contributed by atoms with E-state index in [4.69, 9.17) is 49.4 Å². The lowest BCUT2D eigenvalue weighted by Gasteiger charge is -2.12. The van der Waals surface area contributed by atoms with Crippen molar-refractivity contribution in [2.75, 3.05) is 6.79 Å². The van der Waals surface area contributed by atoms with E-state index in [9.17, 15) is 4.79 Å². The lowest BCUT2D eigenvalue weighted by atomic mass is 9.94. The molecule has 0 fully saturated rings. The Labute approximate surface area is 188 Å². The number of ether oxygens (including phenoxy) is 2. The average Bonchev–Trinajstić information content (AvgIpc) is 3.13. The van der Waals surface area contributed by atoms with E-state index < -0.39 is 5.97 Å². The number of carboxylic acids is 1. The molecule has 0 amide bonds. The number of benzene rings is 3. The smallest absolute Gasteiger partial charge is 0.328 e. The van der Waals surface area contributed by atoms with E-state index in [0.29, 0.717) is 33.0 Å². The minimum absolute atomic E-state index is 0.159. The maximum absolute atomic E-state index is 11.0. The third kappa shape index (κ3) is 4.57. The van der Waals surface area contributed by atoms with Gasteiger partial charge in [-0.2, -0.15) is 0 Å². The number of carbonyl (C=O) groups is 1. The molecule has 1 aliphatic rings. The molecule has 1 aliphatic heterocycles. The van der Waals surface area contributed by atoms with Gasteiger partial charge in [0.1, 0.15) is 0 Å². The van der Waals surface area contributed by atoms with Gasteiger partial charge in [0.15, 0.2) is 11.5 Å². The molecule has 0 aromatic heterocycles. The van der Waals surface area contributed by atoms with Crippen LogP contribution < -0.4 is 9.47 Å². The van der Waals surface area contributed by atoms with Gasteiger partial charge in [-0.15, -0.1) is 0 Å². The van der Waals surface area contributed by atoms with E-state index in [1.165, 1.54) is 0 Å². The van der Waals surface area contributed by atoms with E-state index in [1.54, 1.807) is 18.2 Å². The molecule has 0 saturated heterocycles. The second kappa shape index (κ2) is 8.60. The van der Waals surface area contributed by atoms with Gasteiger partial charge in [0.25, 0.3) is 0 Å². The molecule has 0 atom stereocenters. The highest BCUT2D eigenvalue weighted by Gasteiger charge is 2.17. The molecular weight excluding hydrogens is 447 g/mol. The van der Waals surface area contributed by atoms with Crippen molar-refractivity contribution in [3.63, 3.8) is 0 Å². The van der Waals surface area contributed by atoms with Crippen LogP contribution in [0.2, 0.25) is 15.1 Å². The Kier molecular flexibility index (Phi) is 5.91. The molecular formula is C23H15Cl3O4. The molecule has 0 radical (unpaired) electrons. The van der Waals surface area contributed by atoms with Crippen molar-refractivity contribution < 1.29 is 19.4 Å². The van der Waals surface area contributed by atoms with Crippen LogP contribution in [0.3, 0.4) is 0 Å². The summed E-state index contributed by atoms with van der Waals surface area (Å²) in [6.45, 7) is 0.159. The van der Waals surface area contributed by atoms with Crippen molar-refractivity contribution in [2.45, 2.75) is 6.42 Å².